The van der Waals surface area contributed by atoms with Gasteiger partial charge >= 0.3 is 0 Å². The minimum atomic E-state index is -0.338. The zero-order valence-corrected chi connectivity index (χ0v) is 19.6. The van der Waals surface area contributed by atoms with E-state index in [0.29, 0.717) is 46.1 Å². The minimum Gasteiger partial charge on any atom is -0.493 e. The fraction of sp³-hybridized carbons (Fsp3) is 0.148. The third kappa shape index (κ3) is 5.10. The number of amides is 1. The first kappa shape index (κ1) is 22.8. The van der Waals surface area contributed by atoms with Crippen molar-refractivity contribution in [1.29, 1.82) is 0 Å². The van der Waals surface area contributed by atoms with E-state index in [1.165, 1.54) is 12.1 Å². The van der Waals surface area contributed by atoms with E-state index >= 15 is 0 Å². The molecule has 0 spiro atoms. The van der Waals surface area contributed by atoms with Crippen LogP contribution in [0, 0.1) is 5.82 Å². The van der Waals surface area contributed by atoms with Gasteiger partial charge in [0.15, 0.2) is 5.82 Å². The van der Waals surface area contributed by atoms with Crippen molar-refractivity contribution in [2.75, 3.05) is 11.9 Å². The number of nitrogens with one attached hydrogen (secondary N) is 1. The lowest BCUT2D eigenvalue weighted by Crippen LogP contribution is -2.13. The molecule has 35 heavy (non-hydrogen) atoms. The van der Waals surface area contributed by atoms with Crippen LogP contribution in [0.5, 0.6) is 17.2 Å². The van der Waals surface area contributed by atoms with E-state index in [2.05, 4.69) is 22.4 Å². The van der Waals surface area contributed by atoms with Crippen molar-refractivity contribution in [1.82, 2.24) is 10.2 Å². The van der Waals surface area contributed by atoms with Crippen LogP contribution in [0.25, 0.3) is 11.3 Å². The monoisotopic (exact) mass is 489 g/mol. The van der Waals surface area contributed by atoms with Crippen molar-refractivity contribution in [3.8, 4) is 28.5 Å². The van der Waals surface area contributed by atoms with Crippen LogP contribution >= 0.6 is 11.6 Å². The van der Waals surface area contributed by atoms with Crippen LogP contribution in [0.15, 0.2) is 72.8 Å². The lowest BCUT2D eigenvalue weighted by atomic mass is 9.95. The second-order valence-electron chi connectivity index (χ2n) is 8.25. The van der Waals surface area contributed by atoms with Gasteiger partial charge in [0.25, 0.3) is 5.91 Å². The number of hydrogen-bond acceptors (Lipinski definition) is 5. The molecule has 0 radical (unpaired) electrons. The Balaban J connectivity index is 1.24. The highest BCUT2D eigenvalue weighted by molar-refractivity contribution is 6.32. The maximum Gasteiger partial charge on any atom is 0.256 e. The quantitative estimate of drug-likeness (QED) is 0.331. The van der Waals surface area contributed by atoms with E-state index < -0.39 is 0 Å². The number of benzene rings is 3. The van der Waals surface area contributed by atoms with Crippen LogP contribution in [0.1, 0.15) is 35.2 Å². The zero-order chi connectivity index (χ0) is 24.4. The molecule has 3 aromatic carbocycles. The molecule has 8 heteroatoms. The molecule has 0 aliphatic carbocycles. The summed E-state index contributed by atoms with van der Waals surface area (Å²) in [5, 5.41) is 11.4. The van der Waals surface area contributed by atoms with Gasteiger partial charge in [-0.15, -0.1) is 10.2 Å². The molecule has 1 aromatic heterocycles. The summed E-state index contributed by atoms with van der Waals surface area (Å²) in [5.74, 6) is 1.84. The third-order valence-electron chi connectivity index (χ3n) is 5.79. The van der Waals surface area contributed by atoms with Gasteiger partial charge in [0.1, 0.15) is 23.1 Å². The average molecular weight is 490 g/mol. The number of fused-ring (bicyclic) bond motifs is 1. The lowest BCUT2D eigenvalue weighted by molar-refractivity contribution is 0.102. The predicted molar refractivity (Wildman–Crippen MR) is 132 cm³/mol. The van der Waals surface area contributed by atoms with E-state index in [1.807, 2.05) is 12.1 Å². The van der Waals surface area contributed by atoms with Crippen molar-refractivity contribution in [3.05, 3.63) is 94.8 Å². The van der Waals surface area contributed by atoms with Crippen molar-refractivity contribution in [2.45, 2.75) is 19.3 Å². The van der Waals surface area contributed by atoms with Gasteiger partial charge in [-0.05, 0) is 84.6 Å². The van der Waals surface area contributed by atoms with Crippen LogP contribution < -0.4 is 14.8 Å². The van der Waals surface area contributed by atoms with Gasteiger partial charge in [0, 0.05) is 17.2 Å². The van der Waals surface area contributed by atoms with Crippen molar-refractivity contribution < 1.29 is 18.7 Å². The number of ether oxygens (including phenoxy) is 2. The number of anilines is 1. The van der Waals surface area contributed by atoms with Gasteiger partial charge < -0.3 is 14.8 Å². The standard InChI is InChI=1S/C27H21ClFN3O3/c1-16-12-13-34-24-15-25(22(28)14-21(16)24)35-20-8-4-18(5-9-20)27(33)30-26-11-10-23(31-32-26)17-2-6-19(29)7-3-17/h2-11,14-16H,12-13H2,1H3,(H,30,32,33). The summed E-state index contributed by atoms with van der Waals surface area (Å²) in [6, 6.07) is 19.7. The SMILES string of the molecule is CC1CCOc2cc(Oc3ccc(C(=O)Nc4ccc(-c5ccc(F)cc5)nn4)cc3)c(Cl)cc21. The first-order valence-corrected chi connectivity index (χ1v) is 11.5. The predicted octanol–water partition coefficient (Wildman–Crippen LogP) is 6.87. The Morgan fingerprint density at radius 1 is 1.06 bits per heavy atom. The number of nitrogens with zero attached hydrogens (tertiary/aromatic N) is 2. The molecule has 176 valence electrons. The van der Waals surface area contributed by atoms with Crippen LogP contribution in [0.2, 0.25) is 5.02 Å². The number of rotatable bonds is 5. The summed E-state index contributed by atoms with van der Waals surface area (Å²) < 4.78 is 24.8. The molecule has 1 unspecified atom stereocenters. The fourth-order valence-electron chi connectivity index (χ4n) is 3.80. The van der Waals surface area contributed by atoms with E-state index in [1.54, 1.807) is 48.5 Å². The van der Waals surface area contributed by atoms with E-state index in [4.69, 9.17) is 21.1 Å². The first-order valence-electron chi connectivity index (χ1n) is 11.1. The topological polar surface area (TPSA) is 73.3 Å². The Hall–Kier alpha value is -3.97. The lowest BCUT2D eigenvalue weighted by Gasteiger charge is -2.24. The summed E-state index contributed by atoms with van der Waals surface area (Å²) in [7, 11) is 0. The molecule has 5 rings (SSSR count). The first-order chi connectivity index (χ1) is 17.0. The summed E-state index contributed by atoms with van der Waals surface area (Å²) in [6.45, 7) is 2.81. The summed E-state index contributed by atoms with van der Waals surface area (Å²) >= 11 is 6.43. The molecule has 4 aromatic rings. The van der Waals surface area contributed by atoms with Crippen LogP contribution in [0.4, 0.5) is 10.2 Å². The average Bonchev–Trinajstić information content (AvgIpc) is 2.87. The molecular weight excluding hydrogens is 469 g/mol. The Morgan fingerprint density at radius 2 is 1.83 bits per heavy atom. The van der Waals surface area contributed by atoms with Gasteiger partial charge in [0.05, 0.1) is 17.3 Å². The highest BCUT2D eigenvalue weighted by Crippen LogP contribution is 2.41. The van der Waals surface area contributed by atoms with E-state index in [-0.39, 0.29) is 11.7 Å². The molecule has 0 fully saturated rings. The van der Waals surface area contributed by atoms with Crippen LogP contribution in [-0.2, 0) is 0 Å². The molecule has 0 bridgehead atoms. The van der Waals surface area contributed by atoms with Gasteiger partial charge in [-0.3, -0.25) is 4.79 Å². The highest BCUT2D eigenvalue weighted by atomic mass is 35.5. The van der Waals surface area contributed by atoms with Gasteiger partial charge in [-0.25, -0.2) is 4.39 Å². The van der Waals surface area contributed by atoms with Crippen molar-refractivity contribution in [2.24, 2.45) is 0 Å². The van der Waals surface area contributed by atoms with Crippen molar-refractivity contribution in [3.63, 3.8) is 0 Å². The maximum atomic E-state index is 13.1. The smallest absolute Gasteiger partial charge is 0.256 e. The Morgan fingerprint density at radius 3 is 2.54 bits per heavy atom. The Kier molecular flexibility index (Phi) is 6.33. The van der Waals surface area contributed by atoms with Gasteiger partial charge in [-0.2, -0.15) is 0 Å². The summed E-state index contributed by atoms with van der Waals surface area (Å²) in [4.78, 5) is 12.6. The third-order valence-corrected chi connectivity index (χ3v) is 6.09. The molecule has 1 aliphatic heterocycles. The number of halogens is 2. The molecule has 0 saturated heterocycles. The molecular formula is C27H21ClFN3O3. The summed E-state index contributed by atoms with van der Waals surface area (Å²) in [6.07, 6.45) is 0.955. The summed E-state index contributed by atoms with van der Waals surface area (Å²) in [5.41, 5.74) is 2.81. The van der Waals surface area contributed by atoms with Crippen LogP contribution in [-0.4, -0.2) is 22.7 Å². The minimum absolute atomic E-state index is 0.302. The normalized spacial score (nSPS) is 14.5. The van der Waals surface area contributed by atoms with Crippen molar-refractivity contribution >= 4 is 23.3 Å². The molecule has 1 atom stereocenters. The van der Waals surface area contributed by atoms with E-state index in [9.17, 15) is 9.18 Å². The highest BCUT2D eigenvalue weighted by Gasteiger charge is 2.20. The second-order valence-corrected chi connectivity index (χ2v) is 8.66. The maximum absolute atomic E-state index is 13.1. The molecule has 0 saturated carbocycles. The van der Waals surface area contributed by atoms with Gasteiger partial charge in [-0.1, -0.05) is 18.5 Å². The molecule has 1 aliphatic rings. The fourth-order valence-corrected chi connectivity index (χ4v) is 4.01. The largest absolute Gasteiger partial charge is 0.493 e. The molecule has 2 heterocycles. The number of carbonyl (C=O) groups is 1. The van der Waals surface area contributed by atoms with Crippen LogP contribution in [0.3, 0.4) is 0 Å². The Bertz CT molecular complexity index is 1360. The van der Waals surface area contributed by atoms with Gasteiger partial charge in [0.2, 0.25) is 0 Å². The number of aromatic nitrogens is 2. The second kappa shape index (κ2) is 9.72. The zero-order valence-electron chi connectivity index (χ0n) is 18.8. The molecule has 1 N–H and O–H groups in total. The molecule has 6 nitrogen and oxygen atoms in total. The van der Waals surface area contributed by atoms with E-state index in [0.717, 1.165) is 23.3 Å². The Labute approximate surface area is 206 Å². The number of hydrogen-bond donors (Lipinski definition) is 1. The number of carbonyl (C=O) groups excluding carboxylic acids is 1. The molecule has 1 amide bonds.